The number of carbonyl (C=O) groups excluding carboxylic acids is 2. The molecule has 4 saturated heterocycles. The van der Waals surface area contributed by atoms with Gasteiger partial charge < -0.3 is 40.5 Å². The van der Waals surface area contributed by atoms with E-state index in [1.165, 1.54) is 0 Å². The van der Waals surface area contributed by atoms with Crippen LogP contribution in [0.15, 0.2) is 49.1 Å². The van der Waals surface area contributed by atoms with Crippen LogP contribution in [0.5, 0.6) is 0 Å². The lowest BCUT2D eigenvalue weighted by atomic mass is 9.94. The van der Waals surface area contributed by atoms with Gasteiger partial charge in [-0.3, -0.25) is 29.5 Å². The number of rotatable bonds is 8. The highest BCUT2D eigenvalue weighted by Gasteiger charge is 2.37. The first-order valence-corrected chi connectivity index (χ1v) is 20.4. The fraction of sp³-hybridized carbons (Fsp3) is 0.524. The Labute approximate surface area is 347 Å². The minimum Gasteiger partial charge on any atom is -0.364 e. The van der Waals surface area contributed by atoms with Gasteiger partial charge in [-0.1, -0.05) is 0 Å². The predicted octanol–water partition coefficient (Wildman–Crippen LogP) is 2.61. The Bertz CT molecular complexity index is 2100. The fourth-order valence-corrected chi connectivity index (χ4v) is 8.18. The fourth-order valence-electron chi connectivity index (χ4n) is 8.18. The summed E-state index contributed by atoms with van der Waals surface area (Å²) < 4.78 is 41.3. The van der Waals surface area contributed by atoms with Crippen molar-refractivity contribution in [3.05, 3.63) is 60.2 Å². The molecule has 4 fully saturated rings. The summed E-state index contributed by atoms with van der Waals surface area (Å²) in [5.41, 5.74) is 2.03. The number of nitriles is 2. The molecule has 18 heteroatoms. The van der Waals surface area contributed by atoms with Gasteiger partial charge in [-0.25, -0.2) is 8.78 Å². The van der Waals surface area contributed by atoms with Crippen LogP contribution >= 0.6 is 0 Å². The van der Waals surface area contributed by atoms with Gasteiger partial charge in [-0.2, -0.15) is 10.5 Å². The number of anilines is 2. The second-order valence-corrected chi connectivity index (χ2v) is 15.9. The number of morpholine rings is 2. The van der Waals surface area contributed by atoms with E-state index in [0.717, 1.165) is 11.4 Å². The number of fused-ring (bicyclic) bond motifs is 2. The molecule has 8 rings (SSSR count). The van der Waals surface area contributed by atoms with Crippen molar-refractivity contribution >= 4 is 45.3 Å². The molecule has 2 amide bonds. The normalized spacial score (nSPS) is 23.7. The highest BCUT2D eigenvalue weighted by molar-refractivity contribution is 5.93. The van der Waals surface area contributed by atoms with E-state index in [1.807, 2.05) is 35.8 Å². The van der Waals surface area contributed by atoms with Crippen molar-refractivity contribution in [2.24, 2.45) is 0 Å². The minimum absolute atomic E-state index is 0.00692. The first kappa shape index (κ1) is 42.5. The second kappa shape index (κ2) is 18.7. The summed E-state index contributed by atoms with van der Waals surface area (Å²) in [4.78, 5) is 47.0. The summed E-state index contributed by atoms with van der Waals surface area (Å²) in [6.07, 6.45) is 5.98. The summed E-state index contributed by atoms with van der Waals surface area (Å²) in [5, 5.41) is 30.4. The van der Waals surface area contributed by atoms with Gasteiger partial charge in [-0.05, 0) is 90.0 Å². The standard InChI is InChI=1S/2C21H25FN6O2/c2*1-14-11-28(16-3-2-15(10-23)18-19(16)26-9-8-25-18)12-17(30-14)20(29)27-13-21(22)4-6-24-7-5-21/h2*2-3,8-9,14,17,24H,4-7,11-13H2,1H3,(H,27,29). The molecule has 4 aromatic rings. The van der Waals surface area contributed by atoms with Gasteiger partial charge >= 0.3 is 0 Å². The molecule has 2 aromatic heterocycles. The van der Waals surface area contributed by atoms with Gasteiger partial charge in [0.1, 0.15) is 45.5 Å². The summed E-state index contributed by atoms with van der Waals surface area (Å²) in [6.45, 7) is 8.01. The topological polar surface area (TPSA) is 206 Å². The number of ether oxygens (including phenoxy) is 2. The van der Waals surface area contributed by atoms with Crippen LogP contribution in [-0.2, 0) is 19.1 Å². The van der Waals surface area contributed by atoms with Crippen molar-refractivity contribution in [1.82, 2.24) is 41.2 Å². The first-order chi connectivity index (χ1) is 29.0. The lowest BCUT2D eigenvalue weighted by Gasteiger charge is -2.38. The monoisotopic (exact) mass is 824 g/mol. The van der Waals surface area contributed by atoms with Crippen LogP contribution in [0.4, 0.5) is 20.2 Å². The van der Waals surface area contributed by atoms with E-state index in [2.05, 4.69) is 53.3 Å². The molecular weight excluding hydrogens is 775 g/mol. The van der Waals surface area contributed by atoms with Crippen LogP contribution in [0, 0.1) is 22.7 Å². The average Bonchev–Trinajstić information content (AvgIpc) is 3.27. The van der Waals surface area contributed by atoms with Crippen LogP contribution in [0.25, 0.3) is 22.1 Å². The van der Waals surface area contributed by atoms with Crippen molar-refractivity contribution in [3.63, 3.8) is 0 Å². The number of nitrogens with zero attached hydrogens (tertiary/aromatic N) is 8. The predicted molar refractivity (Wildman–Crippen MR) is 220 cm³/mol. The Kier molecular flexibility index (Phi) is 13.3. The largest absolute Gasteiger partial charge is 0.364 e. The van der Waals surface area contributed by atoms with Gasteiger partial charge in [0.2, 0.25) is 0 Å². The number of amides is 2. The summed E-state index contributed by atoms with van der Waals surface area (Å²) in [7, 11) is 0. The molecule has 4 unspecified atom stereocenters. The molecule has 4 atom stereocenters. The SMILES string of the molecule is CC1CN(c2ccc(C#N)c3nccnc23)CC(C(=O)NCC2(F)CCNCC2)O1.CC1CN(c2ccc(C#N)c3nccnc23)CC(C(=O)NCC2(F)CCNCC2)O1. The Morgan fingerprint density at radius 1 is 0.667 bits per heavy atom. The van der Waals surface area contributed by atoms with Gasteiger partial charge in [0.05, 0.1) is 60.9 Å². The number of nitrogens with one attached hydrogen (secondary N) is 4. The molecule has 0 saturated carbocycles. The zero-order chi connectivity index (χ0) is 42.3. The molecule has 0 spiro atoms. The molecular formula is C42H50F2N12O4. The zero-order valence-corrected chi connectivity index (χ0v) is 33.8. The van der Waals surface area contributed by atoms with E-state index in [0.29, 0.717) is 111 Å². The summed E-state index contributed by atoms with van der Waals surface area (Å²) >= 11 is 0. The number of carbonyl (C=O) groups is 2. The van der Waals surface area contributed by atoms with Crippen LogP contribution in [0.2, 0.25) is 0 Å². The molecule has 60 heavy (non-hydrogen) atoms. The smallest absolute Gasteiger partial charge is 0.251 e. The average molecular weight is 825 g/mol. The van der Waals surface area contributed by atoms with Crippen LogP contribution < -0.4 is 31.1 Å². The lowest BCUT2D eigenvalue weighted by molar-refractivity contribution is -0.138. The number of alkyl halides is 2. The van der Waals surface area contributed by atoms with Gasteiger partial charge in [0.15, 0.2) is 12.2 Å². The van der Waals surface area contributed by atoms with E-state index in [1.54, 1.807) is 36.9 Å². The molecule has 2 aromatic carbocycles. The molecule has 4 N–H and O–H groups in total. The molecule has 316 valence electrons. The Morgan fingerprint density at radius 3 is 1.40 bits per heavy atom. The minimum atomic E-state index is -1.38. The first-order valence-electron chi connectivity index (χ1n) is 20.4. The third kappa shape index (κ3) is 9.85. The molecule has 0 radical (unpaired) electrons. The van der Waals surface area contributed by atoms with Gasteiger partial charge in [0, 0.05) is 37.9 Å². The number of halogens is 2. The van der Waals surface area contributed by atoms with E-state index < -0.39 is 23.5 Å². The summed E-state index contributed by atoms with van der Waals surface area (Å²) in [6, 6.07) is 11.4. The Hall–Kier alpha value is -5.66. The zero-order valence-electron chi connectivity index (χ0n) is 33.8. The highest BCUT2D eigenvalue weighted by Crippen LogP contribution is 2.31. The molecule has 4 aliphatic heterocycles. The van der Waals surface area contributed by atoms with Crippen LogP contribution in [0.1, 0.15) is 50.7 Å². The number of aromatic nitrogens is 4. The maximum Gasteiger partial charge on any atom is 0.251 e. The van der Waals surface area contributed by atoms with E-state index in [-0.39, 0.29) is 37.1 Å². The van der Waals surface area contributed by atoms with Gasteiger partial charge in [0.25, 0.3) is 11.8 Å². The van der Waals surface area contributed by atoms with Crippen molar-refractivity contribution in [2.45, 2.75) is 75.3 Å². The van der Waals surface area contributed by atoms with E-state index >= 15 is 0 Å². The summed E-state index contributed by atoms with van der Waals surface area (Å²) in [5.74, 6) is -0.628. The van der Waals surface area contributed by atoms with Crippen LogP contribution in [-0.4, -0.2) is 133 Å². The number of hydrogen-bond acceptors (Lipinski definition) is 14. The van der Waals surface area contributed by atoms with Gasteiger partial charge in [-0.15, -0.1) is 0 Å². The Morgan fingerprint density at radius 2 is 1.03 bits per heavy atom. The quantitative estimate of drug-likeness (QED) is 0.202. The number of hydrogen-bond donors (Lipinski definition) is 4. The van der Waals surface area contributed by atoms with Crippen molar-refractivity contribution in [3.8, 4) is 12.1 Å². The number of benzene rings is 2. The van der Waals surface area contributed by atoms with E-state index in [9.17, 15) is 28.9 Å². The second-order valence-electron chi connectivity index (χ2n) is 15.9. The molecule has 4 aliphatic rings. The molecule has 0 bridgehead atoms. The van der Waals surface area contributed by atoms with Crippen molar-refractivity contribution in [2.75, 3.05) is 75.2 Å². The maximum absolute atomic E-state index is 14.8. The van der Waals surface area contributed by atoms with Crippen LogP contribution in [0.3, 0.4) is 0 Å². The third-order valence-electron chi connectivity index (χ3n) is 11.4. The Balaban J connectivity index is 0.000000181. The molecule has 6 heterocycles. The lowest BCUT2D eigenvalue weighted by Crippen LogP contribution is -2.55. The van der Waals surface area contributed by atoms with E-state index in [4.69, 9.17) is 9.47 Å². The maximum atomic E-state index is 14.8. The van der Waals surface area contributed by atoms with Crippen molar-refractivity contribution < 1.29 is 27.8 Å². The van der Waals surface area contributed by atoms with Crippen molar-refractivity contribution in [1.29, 1.82) is 10.5 Å². The highest BCUT2D eigenvalue weighted by atomic mass is 19.1. The third-order valence-corrected chi connectivity index (χ3v) is 11.4. The number of piperidine rings is 2. The molecule has 16 nitrogen and oxygen atoms in total. The molecule has 0 aliphatic carbocycles.